The Hall–Kier alpha value is -2.40. The van der Waals surface area contributed by atoms with Gasteiger partial charge in [-0.1, -0.05) is 47.8 Å². The molecule has 1 fully saturated rings. The molecule has 142 valence electrons. The van der Waals surface area contributed by atoms with Crippen LogP contribution in [0.5, 0.6) is 0 Å². The lowest BCUT2D eigenvalue weighted by atomic mass is 9.78. The molecule has 0 aliphatic heterocycles. The van der Waals surface area contributed by atoms with E-state index >= 15 is 0 Å². The van der Waals surface area contributed by atoms with Crippen molar-refractivity contribution in [3.05, 3.63) is 70.8 Å². The van der Waals surface area contributed by atoms with Crippen molar-refractivity contribution in [1.82, 2.24) is 15.0 Å². The van der Waals surface area contributed by atoms with Gasteiger partial charge in [-0.05, 0) is 51.4 Å². The van der Waals surface area contributed by atoms with Crippen LogP contribution in [0.2, 0.25) is 0 Å². The smallest absolute Gasteiger partial charge is 0.240 e. The lowest BCUT2D eigenvalue weighted by molar-refractivity contribution is 0.242. The highest BCUT2D eigenvalue weighted by molar-refractivity contribution is 5.35. The first-order chi connectivity index (χ1) is 13.0. The van der Waals surface area contributed by atoms with Gasteiger partial charge in [0, 0.05) is 0 Å². The highest BCUT2D eigenvalue weighted by Crippen LogP contribution is 2.45. The van der Waals surface area contributed by atoms with E-state index in [0.29, 0.717) is 19.0 Å². The van der Waals surface area contributed by atoms with Crippen molar-refractivity contribution in [2.45, 2.75) is 58.0 Å². The number of benzene rings is 1. The summed E-state index contributed by atoms with van der Waals surface area (Å²) in [5.41, 5.74) is 2.47. The molecule has 4 rings (SSSR count). The van der Waals surface area contributed by atoms with Gasteiger partial charge in [-0.2, -0.15) is 4.98 Å². The van der Waals surface area contributed by atoms with Crippen molar-refractivity contribution in [1.29, 1.82) is 0 Å². The maximum Gasteiger partial charge on any atom is 0.240 e. The molecule has 0 bridgehead atoms. The van der Waals surface area contributed by atoms with E-state index in [1.165, 1.54) is 24.0 Å². The van der Waals surface area contributed by atoms with E-state index in [4.69, 9.17) is 13.9 Å². The molecule has 1 aliphatic carbocycles. The van der Waals surface area contributed by atoms with Gasteiger partial charge in [0.15, 0.2) is 5.82 Å². The molecular weight excluding hydrogens is 338 g/mol. The largest absolute Gasteiger partial charge is 0.465 e. The monoisotopic (exact) mass is 365 g/mol. The van der Waals surface area contributed by atoms with Gasteiger partial charge < -0.3 is 8.94 Å². The summed E-state index contributed by atoms with van der Waals surface area (Å²) >= 11 is 0. The van der Waals surface area contributed by atoms with Crippen molar-refractivity contribution in [3.8, 4) is 0 Å². The number of furan rings is 1. The highest BCUT2D eigenvalue weighted by Gasteiger charge is 2.41. The molecular formula is C22H27N3O2. The Morgan fingerprint density at radius 3 is 2.41 bits per heavy atom. The second-order valence-corrected chi connectivity index (χ2v) is 7.85. The van der Waals surface area contributed by atoms with E-state index in [1.807, 2.05) is 26.1 Å². The second-order valence-electron chi connectivity index (χ2n) is 7.85. The third-order valence-electron chi connectivity index (χ3n) is 5.58. The van der Waals surface area contributed by atoms with Crippen LogP contribution in [-0.2, 0) is 18.5 Å². The number of hydrogen-bond donors (Lipinski definition) is 0. The number of hydrogen-bond acceptors (Lipinski definition) is 5. The Kier molecular flexibility index (Phi) is 4.87. The first kappa shape index (κ1) is 18.0. The van der Waals surface area contributed by atoms with Crippen LogP contribution in [0.3, 0.4) is 0 Å². The molecule has 0 saturated heterocycles. The molecule has 5 heteroatoms. The van der Waals surface area contributed by atoms with Gasteiger partial charge in [0.05, 0.1) is 18.5 Å². The Balaban J connectivity index is 1.52. The predicted molar refractivity (Wildman–Crippen MR) is 103 cm³/mol. The van der Waals surface area contributed by atoms with Crippen LogP contribution in [0.1, 0.15) is 60.0 Å². The lowest BCUT2D eigenvalue weighted by Crippen LogP contribution is -2.25. The molecule has 5 nitrogen and oxygen atoms in total. The summed E-state index contributed by atoms with van der Waals surface area (Å²) < 4.78 is 11.3. The maximum absolute atomic E-state index is 5.65. The summed E-state index contributed by atoms with van der Waals surface area (Å²) in [5.74, 6) is 3.37. The number of aryl methyl sites for hydroxylation is 2. The Morgan fingerprint density at radius 2 is 1.74 bits per heavy atom. The van der Waals surface area contributed by atoms with E-state index in [0.717, 1.165) is 30.2 Å². The minimum absolute atomic E-state index is 0.105. The second kappa shape index (κ2) is 7.31. The molecule has 0 amide bonds. The van der Waals surface area contributed by atoms with Crippen LogP contribution >= 0.6 is 0 Å². The number of aromatic nitrogens is 2. The van der Waals surface area contributed by atoms with Crippen LogP contribution in [0.4, 0.5) is 0 Å². The van der Waals surface area contributed by atoms with Crippen LogP contribution in [0.15, 0.2) is 45.3 Å². The van der Waals surface area contributed by atoms with E-state index < -0.39 is 0 Å². The third kappa shape index (κ3) is 3.69. The van der Waals surface area contributed by atoms with Gasteiger partial charge in [-0.3, -0.25) is 4.90 Å². The van der Waals surface area contributed by atoms with Crippen molar-refractivity contribution in [3.63, 3.8) is 0 Å². The third-order valence-corrected chi connectivity index (χ3v) is 5.58. The van der Waals surface area contributed by atoms with Gasteiger partial charge in [0.1, 0.15) is 11.5 Å². The van der Waals surface area contributed by atoms with Gasteiger partial charge >= 0.3 is 0 Å². The average molecular weight is 365 g/mol. The van der Waals surface area contributed by atoms with E-state index in [-0.39, 0.29) is 5.41 Å². The summed E-state index contributed by atoms with van der Waals surface area (Å²) in [6.45, 7) is 5.40. The minimum Gasteiger partial charge on any atom is -0.465 e. The van der Waals surface area contributed by atoms with Gasteiger partial charge in [-0.15, -0.1) is 0 Å². The Bertz CT molecular complexity index is 888. The summed E-state index contributed by atoms with van der Waals surface area (Å²) in [7, 11) is 2.03. The Morgan fingerprint density at radius 1 is 1.00 bits per heavy atom. The molecule has 1 aromatic carbocycles. The lowest BCUT2D eigenvalue weighted by Gasteiger charge is -2.26. The average Bonchev–Trinajstić information content (AvgIpc) is 3.37. The summed E-state index contributed by atoms with van der Waals surface area (Å²) in [6.07, 6.45) is 4.57. The summed E-state index contributed by atoms with van der Waals surface area (Å²) in [6, 6.07) is 12.8. The molecule has 3 aromatic rings. The SMILES string of the molecule is Cc1ccc(C2(c3noc(CN(C)Cc4ccc(C)o4)n3)CCCC2)cc1. The zero-order valence-corrected chi connectivity index (χ0v) is 16.4. The fraction of sp³-hybridized carbons (Fsp3) is 0.455. The molecule has 0 spiro atoms. The van der Waals surface area contributed by atoms with Crippen molar-refractivity contribution < 1.29 is 8.94 Å². The van der Waals surface area contributed by atoms with E-state index in [9.17, 15) is 0 Å². The van der Waals surface area contributed by atoms with E-state index in [2.05, 4.69) is 41.2 Å². The molecule has 1 saturated carbocycles. The van der Waals surface area contributed by atoms with Crippen LogP contribution in [0, 0.1) is 13.8 Å². The van der Waals surface area contributed by atoms with Gasteiger partial charge in [0.25, 0.3) is 0 Å². The maximum atomic E-state index is 5.65. The zero-order chi connectivity index (χ0) is 18.9. The quantitative estimate of drug-likeness (QED) is 0.630. The molecule has 0 unspecified atom stereocenters. The van der Waals surface area contributed by atoms with Crippen LogP contribution < -0.4 is 0 Å². The minimum atomic E-state index is -0.105. The summed E-state index contributed by atoms with van der Waals surface area (Å²) in [5, 5.41) is 4.40. The fourth-order valence-corrected chi connectivity index (χ4v) is 4.13. The molecule has 27 heavy (non-hydrogen) atoms. The highest BCUT2D eigenvalue weighted by atomic mass is 16.5. The molecule has 1 aliphatic rings. The zero-order valence-electron chi connectivity index (χ0n) is 16.4. The van der Waals surface area contributed by atoms with Crippen LogP contribution in [0.25, 0.3) is 0 Å². The number of nitrogens with zero attached hydrogens (tertiary/aromatic N) is 3. The van der Waals surface area contributed by atoms with Gasteiger partial charge in [0.2, 0.25) is 5.89 Å². The molecule has 0 radical (unpaired) electrons. The fourth-order valence-electron chi connectivity index (χ4n) is 4.13. The molecule has 2 aromatic heterocycles. The predicted octanol–water partition coefficient (Wildman–Crippen LogP) is 4.77. The Labute approximate surface area is 160 Å². The topological polar surface area (TPSA) is 55.3 Å². The van der Waals surface area contributed by atoms with Crippen molar-refractivity contribution in [2.24, 2.45) is 0 Å². The molecule has 0 atom stereocenters. The molecule has 0 N–H and O–H groups in total. The normalized spacial score (nSPS) is 16.3. The van der Waals surface area contributed by atoms with Crippen LogP contribution in [-0.4, -0.2) is 22.1 Å². The first-order valence-electron chi connectivity index (χ1n) is 9.69. The van der Waals surface area contributed by atoms with Gasteiger partial charge in [-0.25, -0.2) is 0 Å². The van der Waals surface area contributed by atoms with Crippen molar-refractivity contribution in [2.75, 3.05) is 7.05 Å². The molecule has 2 heterocycles. The standard InChI is InChI=1S/C22H27N3O2/c1-16-6-9-18(10-7-16)22(12-4-5-13-22)21-23-20(27-24-21)15-25(3)14-19-11-8-17(2)26-19/h6-11H,4-5,12-15H2,1-3H3. The first-order valence-corrected chi connectivity index (χ1v) is 9.69. The van der Waals surface area contributed by atoms with Crippen molar-refractivity contribution >= 4 is 0 Å². The van der Waals surface area contributed by atoms with E-state index in [1.54, 1.807) is 0 Å². The summed E-state index contributed by atoms with van der Waals surface area (Å²) in [4.78, 5) is 6.93. The number of rotatable bonds is 6.